The summed E-state index contributed by atoms with van der Waals surface area (Å²) in [5.74, 6) is 0.704. The summed E-state index contributed by atoms with van der Waals surface area (Å²) < 4.78 is 4.79. The molecule has 1 aromatic heterocycles. The van der Waals surface area contributed by atoms with Crippen LogP contribution in [0.25, 0.3) is 0 Å². The van der Waals surface area contributed by atoms with Gasteiger partial charge in [-0.2, -0.15) is 4.98 Å². The molecule has 1 atom stereocenters. The van der Waals surface area contributed by atoms with Gasteiger partial charge in [-0.1, -0.05) is 0 Å². The van der Waals surface area contributed by atoms with E-state index in [0.717, 1.165) is 0 Å². The van der Waals surface area contributed by atoms with E-state index in [1.807, 2.05) is 0 Å². The Labute approximate surface area is 70.0 Å². The molecule has 68 valence electrons. The van der Waals surface area contributed by atoms with Gasteiger partial charge in [0, 0.05) is 14.1 Å². The maximum absolute atomic E-state index is 8.67. The minimum Gasteiger partial charge on any atom is -0.394 e. The number of nitrogens with two attached hydrogens (primary N) is 1. The van der Waals surface area contributed by atoms with E-state index in [0.29, 0.717) is 5.95 Å². The van der Waals surface area contributed by atoms with Crippen molar-refractivity contribution in [2.24, 2.45) is 5.73 Å². The smallest absolute Gasteiger partial charge is 0.265 e. The zero-order valence-electron chi connectivity index (χ0n) is 7.06. The summed E-state index contributed by atoms with van der Waals surface area (Å²) in [6.45, 7) is -0.199. The summed E-state index contributed by atoms with van der Waals surface area (Å²) in [6, 6.07) is -0.591. The normalized spacial score (nSPS) is 13.0. The Morgan fingerprint density at radius 1 is 1.67 bits per heavy atom. The van der Waals surface area contributed by atoms with Gasteiger partial charge in [0.15, 0.2) is 0 Å². The summed E-state index contributed by atoms with van der Waals surface area (Å²) in [6.07, 6.45) is 0. The summed E-state index contributed by atoms with van der Waals surface area (Å²) in [7, 11) is 3.58. The highest BCUT2D eigenvalue weighted by Crippen LogP contribution is 2.10. The molecular weight excluding hydrogens is 160 g/mol. The van der Waals surface area contributed by atoms with Crippen LogP contribution in [0.2, 0.25) is 0 Å². The summed E-state index contributed by atoms with van der Waals surface area (Å²) in [5, 5.41) is 12.3. The Kier molecular flexibility index (Phi) is 2.61. The molecule has 0 aliphatic rings. The van der Waals surface area contributed by atoms with E-state index in [2.05, 4.69) is 10.1 Å². The molecule has 6 nitrogen and oxygen atoms in total. The van der Waals surface area contributed by atoms with E-state index >= 15 is 0 Å². The summed E-state index contributed by atoms with van der Waals surface area (Å²) >= 11 is 0. The predicted octanol–water partition coefficient (Wildman–Crippen LogP) is -0.872. The average molecular weight is 172 g/mol. The lowest BCUT2D eigenvalue weighted by Gasteiger charge is -2.03. The van der Waals surface area contributed by atoms with Gasteiger partial charge in [-0.05, 0) is 5.16 Å². The molecule has 1 aromatic rings. The first-order chi connectivity index (χ1) is 5.65. The van der Waals surface area contributed by atoms with E-state index < -0.39 is 6.04 Å². The molecule has 6 heteroatoms. The van der Waals surface area contributed by atoms with Crippen LogP contribution in [0.5, 0.6) is 0 Å². The largest absolute Gasteiger partial charge is 0.394 e. The maximum Gasteiger partial charge on any atom is 0.265 e. The van der Waals surface area contributed by atoms with Crippen molar-refractivity contribution in [2.45, 2.75) is 6.04 Å². The highest BCUT2D eigenvalue weighted by molar-refractivity contribution is 5.23. The highest BCUT2D eigenvalue weighted by Gasteiger charge is 2.13. The second-order valence-electron chi connectivity index (χ2n) is 2.62. The molecule has 1 heterocycles. The second kappa shape index (κ2) is 3.51. The molecule has 0 fully saturated rings. The van der Waals surface area contributed by atoms with Gasteiger partial charge in [-0.3, -0.25) is 0 Å². The average Bonchev–Trinajstić information content (AvgIpc) is 2.51. The molecule has 0 bridgehead atoms. The van der Waals surface area contributed by atoms with Gasteiger partial charge in [-0.15, -0.1) is 0 Å². The fraction of sp³-hybridized carbons (Fsp3) is 0.667. The molecule has 0 amide bonds. The van der Waals surface area contributed by atoms with Crippen LogP contribution in [0.3, 0.4) is 0 Å². The van der Waals surface area contributed by atoms with Crippen molar-refractivity contribution in [1.82, 2.24) is 10.1 Å². The first-order valence-electron chi connectivity index (χ1n) is 3.52. The SMILES string of the molecule is CN(C)c1noc([C@@H](N)CO)n1. The van der Waals surface area contributed by atoms with Crippen molar-refractivity contribution in [3.63, 3.8) is 0 Å². The molecule has 12 heavy (non-hydrogen) atoms. The predicted molar refractivity (Wildman–Crippen MR) is 42.6 cm³/mol. The lowest BCUT2D eigenvalue weighted by Crippen LogP contribution is -2.15. The van der Waals surface area contributed by atoms with Gasteiger partial charge in [0.05, 0.1) is 6.61 Å². The molecule has 0 aliphatic heterocycles. The van der Waals surface area contributed by atoms with Crippen molar-refractivity contribution in [2.75, 3.05) is 25.6 Å². The van der Waals surface area contributed by atoms with Crippen LogP contribution in [0.1, 0.15) is 11.9 Å². The van der Waals surface area contributed by atoms with Gasteiger partial charge in [0.2, 0.25) is 5.89 Å². The third kappa shape index (κ3) is 1.72. The van der Waals surface area contributed by atoms with Gasteiger partial charge in [0.1, 0.15) is 6.04 Å². The fourth-order valence-corrected chi connectivity index (χ4v) is 0.637. The molecule has 0 saturated carbocycles. The molecule has 0 aliphatic carbocycles. The first-order valence-corrected chi connectivity index (χ1v) is 3.52. The molecule has 0 unspecified atom stereocenters. The molecule has 0 spiro atoms. The Morgan fingerprint density at radius 3 is 2.75 bits per heavy atom. The fourth-order valence-electron chi connectivity index (χ4n) is 0.637. The lowest BCUT2D eigenvalue weighted by molar-refractivity contribution is 0.237. The maximum atomic E-state index is 8.67. The number of aromatic nitrogens is 2. The van der Waals surface area contributed by atoms with E-state index in [1.165, 1.54) is 0 Å². The van der Waals surface area contributed by atoms with Crippen molar-refractivity contribution in [1.29, 1.82) is 0 Å². The minimum absolute atomic E-state index is 0.199. The number of rotatable bonds is 3. The number of aliphatic hydroxyl groups excluding tert-OH is 1. The minimum atomic E-state index is -0.591. The summed E-state index contributed by atoms with van der Waals surface area (Å²) in [4.78, 5) is 5.64. The van der Waals surface area contributed by atoms with Crippen LogP contribution in [-0.2, 0) is 0 Å². The Bertz CT molecular complexity index is 247. The van der Waals surface area contributed by atoms with Crippen LogP contribution >= 0.6 is 0 Å². The monoisotopic (exact) mass is 172 g/mol. The lowest BCUT2D eigenvalue weighted by atomic mass is 10.3. The Balaban J connectivity index is 2.77. The standard InChI is InChI=1S/C6H12N4O2/c1-10(2)6-8-5(12-9-6)4(7)3-11/h4,11H,3,7H2,1-2H3/t4-/m0/s1. The van der Waals surface area contributed by atoms with Crippen LogP contribution < -0.4 is 10.6 Å². The van der Waals surface area contributed by atoms with E-state index in [9.17, 15) is 0 Å². The highest BCUT2D eigenvalue weighted by atomic mass is 16.5. The van der Waals surface area contributed by atoms with Crippen LogP contribution in [0.15, 0.2) is 4.52 Å². The van der Waals surface area contributed by atoms with E-state index in [4.69, 9.17) is 15.4 Å². The molecule has 3 N–H and O–H groups in total. The molecule has 0 saturated heterocycles. The molecule has 0 aromatic carbocycles. The Hall–Kier alpha value is -1.14. The number of anilines is 1. The number of hydrogen-bond donors (Lipinski definition) is 2. The van der Waals surface area contributed by atoms with Crippen molar-refractivity contribution in [3.05, 3.63) is 5.89 Å². The molecule has 1 rings (SSSR count). The van der Waals surface area contributed by atoms with Crippen LogP contribution in [0.4, 0.5) is 5.95 Å². The van der Waals surface area contributed by atoms with Gasteiger partial charge in [-0.25, -0.2) is 0 Å². The number of hydrogen-bond acceptors (Lipinski definition) is 6. The first kappa shape index (κ1) is 8.95. The zero-order valence-corrected chi connectivity index (χ0v) is 7.06. The van der Waals surface area contributed by atoms with Crippen molar-refractivity contribution in [3.8, 4) is 0 Å². The van der Waals surface area contributed by atoms with Crippen molar-refractivity contribution < 1.29 is 9.63 Å². The number of aliphatic hydroxyl groups is 1. The Morgan fingerprint density at radius 2 is 2.33 bits per heavy atom. The zero-order chi connectivity index (χ0) is 9.14. The van der Waals surface area contributed by atoms with E-state index in [1.54, 1.807) is 19.0 Å². The van der Waals surface area contributed by atoms with Gasteiger partial charge >= 0.3 is 0 Å². The van der Waals surface area contributed by atoms with Gasteiger partial charge in [0.25, 0.3) is 5.95 Å². The summed E-state index contributed by atoms with van der Waals surface area (Å²) in [5.41, 5.74) is 5.44. The quantitative estimate of drug-likeness (QED) is 0.616. The van der Waals surface area contributed by atoms with Crippen molar-refractivity contribution >= 4 is 5.95 Å². The third-order valence-corrected chi connectivity index (χ3v) is 1.34. The van der Waals surface area contributed by atoms with Crippen LogP contribution in [-0.4, -0.2) is 35.9 Å². The molecule has 0 radical (unpaired) electrons. The van der Waals surface area contributed by atoms with Gasteiger partial charge < -0.3 is 20.3 Å². The molecular formula is C6H12N4O2. The van der Waals surface area contributed by atoms with Crippen LogP contribution in [0, 0.1) is 0 Å². The third-order valence-electron chi connectivity index (χ3n) is 1.34. The van der Waals surface area contributed by atoms with E-state index in [-0.39, 0.29) is 12.5 Å². The topological polar surface area (TPSA) is 88.4 Å². The second-order valence-corrected chi connectivity index (χ2v) is 2.62. The number of nitrogens with zero attached hydrogens (tertiary/aromatic N) is 3.